The molecule has 0 atom stereocenters. The molecule has 0 saturated heterocycles. The van der Waals surface area contributed by atoms with Gasteiger partial charge in [0.2, 0.25) is 0 Å². The first-order chi connectivity index (χ1) is 24.7. The summed E-state index contributed by atoms with van der Waals surface area (Å²) in [7, 11) is 0. The monoisotopic (exact) mass is 635 g/mol. The number of benzene rings is 7. The zero-order chi connectivity index (χ0) is 33.8. The molecular formula is C45H25N5. The Morgan fingerprint density at radius 3 is 1.78 bits per heavy atom. The fraction of sp³-hybridized carbons (Fsp3) is 0. The summed E-state index contributed by atoms with van der Waals surface area (Å²) in [5.41, 5.74) is 11.5. The summed E-state index contributed by atoms with van der Waals surface area (Å²) < 4.78 is 4.38. The summed E-state index contributed by atoms with van der Waals surface area (Å²) in [5, 5.41) is 34.2. The van der Waals surface area contributed by atoms with Crippen molar-refractivity contribution in [3.63, 3.8) is 0 Å². The number of fused-ring (bicyclic) bond motifs is 6. The molecule has 0 fully saturated rings. The lowest BCUT2D eigenvalue weighted by Gasteiger charge is -2.16. The normalized spacial score (nSPS) is 11.1. The third kappa shape index (κ3) is 4.31. The first-order valence-electron chi connectivity index (χ1n) is 16.3. The van der Waals surface area contributed by atoms with Crippen LogP contribution in [0.1, 0.15) is 16.7 Å². The highest BCUT2D eigenvalue weighted by molar-refractivity contribution is 6.11. The Balaban J connectivity index is 1.19. The Bertz CT molecular complexity index is 2960. The quantitative estimate of drug-likeness (QED) is 0.193. The Kier molecular flexibility index (Phi) is 6.56. The molecule has 0 amide bonds. The fourth-order valence-electron chi connectivity index (χ4n) is 7.46. The van der Waals surface area contributed by atoms with E-state index in [2.05, 4.69) is 112 Å². The van der Waals surface area contributed by atoms with Gasteiger partial charge in [0, 0.05) is 32.8 Å². The van der Waals surface area contributed by atoms with E-state index in [-0.39, 0.29) is 0 Å². The minimum Gasteiger partial charge on any atom is -0.309 e. The number of nitrogens with zero attached hydrogens (tertiary/aromatic N) is 5. The van der Waals surface area contributed by atoms with Gasteiger partial charge in [0.25, 0.3) is 0 Å². The molecule has 0 aliphatic rings. The van der Waals surface area contributed by atoms with E-state index in [0.29, 0.717) is 16.7 Å². The average Bonchev–Trinajstić information content (AvgIpc) is 3.70. The summed E-state index contributed by atoms with van der Waals surface area (Å²) in [6.07, 6.45) is 0. The zero-order valence-corrected chi connectivity index (χ0v) is 26.7. The van der Waals surface area contributed by atoms with Crippen molar-refractivity contribution in [1.29, 1.82) is 15.8 Å². The predicted molar refractivity (Wildman–Crippen MR) is 200 cm³/mol. The minimum absolute atomic E-state index is 0.580. The topological polar surface area (TPSA) is 81.2 Å². The van der Waals surface area contributed by atoms with E-state index in [1.54, 1.807) is 0 Å². The van der Waals surface area contributed by atoms with E-state index < -0.39 is 0 Å². The van der Waals surface area contributed by atoms with Crippen LogP contribution in [0, 0.1) is 34.0 Å². The maximum Gasteiger partial charge on any atom is 0.101 e. The van der Waals surface area contributed by atoms with Crippen LogP contribution in [0.2, 0.25) is 0 Å². The van der Waals surface area contributed by atoms with Crippen molar-refractivity contribution < 1.29 is 0 Å². The predicted octanol–water partition coefficient (Wildman–Crippen LogP) is 10.8. The lowest BCUT2D eigenvalue weighted by Crippen LogP contribution is -1.99. The molecule has 5 nitrogen and oxygen atoms in total. The first-order valence-corrected chi connectivity index (χ1v) is 16.3. The molecule has 5 heteroatoms. The van der Waals surface area contributed by atoms with Gasteiger partial charge in [0.15, 0.2) is 0 Å². The Labute approximate surface area is 287 Å². The second kappa shape index (κ2) is 11.4. The van der Waals surface area contributed by atoms with Gasteiger partial charge in [0.1, 0.15) is 6.07 Å². The van der Waals surface area contributed by atoms with Gasteiger partial charge < -0.3 is 9.13 Å². The van der Waals surface area contributed by atoms with Gasteiger partial charge in [-0.3, -0.25) is 0 Å². The highest BCUT2D eigenvalue weighted by Crippen LogP contribution is 2.39. The van der Waals surface area contributed by atoms with Crippen LogP contribution in [-0.2, 0) is 0 Å². The molecule has 2 aromatic heterocycles. The number of rotatable bonds is 4. The van der Waals surface area contributed by atoms with E-state index in [4.69, 9.17) is 0 Å². The van der Waals surface area contributed by atoms with Crippen molar-refractivity contribution in [2.45, 2.75) is 0 Å². The highest BCUT2D eigenvalue weighted by Gasteiger charge is 2.19. The van der Waals surface area contributed by atoms with Gasteiger partial charge in [-0.25, -0.2) is 0 Å². The van der Waals surface area contributed by atoms with Crippen molar-refractivity contribution >= 4 is 43.6 Å². The van der Waals surface area contributed by atoms with E-state index in [1.807, 2.05) is 66.7 Å². The molecule has 9 aromatic rings. The summed E-state index contributed by atoms with van der Waals surface area (Å²) in [6, 6.07) is 57.8. The zero-order valence-electron chi connectivity index (χ0n) is 26.7. The van der Waals surface area contributed by atoms with E-state index in [0.717, 1.165) is 77.2 Å². The van der Waals surface area contributed by atoms with Crippen molar-refractivity contribution in [2.24, 2.45) is 0 Å². The highest BCUT2D eigenvalue weighted by atomic mass is 15.0. The van der Waals surface area contributed by atoms with Crippen LogP contribution >= 0.6 is 0 Å². The lowest BCUT2D eigenvalue weighted by atomic mass is 9.95. The molecule has 230 valence electrons. The van der Waals surface area contributed by atoms with Crippen molar-refractivity contribution in [3.05, 3.63) is 168 Å². The Morgan fingerprint density at radius 1 is 0.400 bits per heavy atom. The number of hydrogen-bond donors (Lipinski definition) is 0. The third-order valence-electron chi connectivity index (χ3n) is 9.63. The third-order valence-corrected chi connectivity index (χ3v) is 9.63. The molecule has 0 N–H and O–H groups in total. The molecule has 0 bridgehead atoms. The molecule has 50 heavy (non-hydrogen) atoms. The number of para-hydroxylation sites is 3. The van der Waals surface area contributed by atoms with Crippen molar-refractivity contribution in [3.8, 4) is 51.8 Å². The van der Waals surface area contributed by atoms with Gasteiger partial charge in [-0.05, 0) is 77.4 Å². The van der Waals surface area contributed by atoms with Crippen LogP contribution in [0.4, 0.5) is 0 Å². The van der Waals surface area contributed by atoms with Gasteiger partial charge in [-0.15, -0.1) is 0 Å². The fourth-order valence-corrected chi connectivity index (χ4v) is 7.46. The average molecular weight is 636 g/mol. The smallest absolute Gasteiger partial charge is 0.101 e. The van der Waals surface area contributed by atoms with E-state index >= 15 is 0 Å². The molecule has 0 aliphatic carbocycles. The molecule has 9 rings (SSSR count). The van der Waals surface area contributed by atoms with Gasteiger partial charge in [0.05, 0.1) is 56.6 Å². The van der Waals surface area contributed by atoms with Crippen LogP contribution < -0.4 is 0 Å². The standard InChI is InChI=1S/C45H25N5/c46-26-29-18-23-42-39(24-29)37-13-2-4-16-41(37)50(42)43-17-7-9-33(27-47)44(43)31-21-19-30(20-22-31)32-8-5-11-35(25-32)49-40-15-3-1-12-36(40)38-14-6-10-34(28-48)45(38)49/h1-25H. The molecule has 0 radical (unpaired) electrons. The molecule has 2 heterocycles. The summed E-state index contributed by atoms with van der Waals surface area (Å²) in [6.45, 7) is 0. The SMILES string of the molecule is N#Cc1ccc2c(c1)c1ccccc1n2-c1cccc(C#N)c1-c1ccc(-c2cccc(-n3c4ccccc4c4cccc(C#N)c43)c2)cc1. The minimum atomic E-state index is 0.580. The molecule has 0 spiro atoms. The molecule has 0 unspecified atom stereocenters. The number of hydrogen-bond acceptors (Lipinski definition) is 3. The Morgan fingerprint density at radius 2 is 1.02 bits per heavy atom. The van der Waals surface area contributed by atoms with E-state index in [9.17, 15) is 15.8 Å². The summed E-state index contributed by atoms with van der Waals surface area (Å²) >= 11 is 0. The summed E-state index contributed by atoms with van der Waals surface area (Å²) in [5.74, 6) is 0. The number of aromatic nitrogens is 2. The molecular weight excluding hydrogens is 611 g/mol. The lowest BCUT2D eigenvalue weighted by molar-refractivity contribution is 1.18. The van der Waals surface area contributed by atoms with Crippen LogP contribution in [0.5, 0.6) is 0 Å². The van der Waals surface area contributed by atoms with Gasteiger partial charge in [-0.1, -0.05) is 91.0 Å². The number of nitriles is 3. The van der Waals surface area contributed by atoms with Gasteiger partial charge >= 0.3 is 0 Å². The van der Waals surface area contributed by atoms with Crippen molar-refractivity contribution in [2.75, 3.05) is 0 Å². The molecule has 0 aliphatic heterocycles. The van der Waals surface area contributed by atoms with Crippen LogP contribution in [0.25, 0.3) is 77.2 Å². The van der Waals surface area contributed by atoms with Crippen LogP contribution in [0.3, 0.4) is 0 Å². The maximum atomic E-state index is 10.3. The van der Waals surface area contributed by atoms with Gasteiger partial charge in [-0.2, -0.15) is 15.8 Å². The first kappa shape index (κ1) is 28.8. The molecule has 7 aromatic carbocycles. The second-order valence-corrected chi connectivity index (χ2v) is 12.3. The second-order valence-electron chi connectivity index (χ2n) is 12.3. The van der Waals surface area contributed by atoms with Crippen LogP contribution in [0.15, 0.2) is 152 Å². The summed E-state index contributed by atoms with van der Waals surface area (Å²) in [4.78, 5) is 0. The Hall–Kier alpha value is -7.39. The van der Waals surface area contributed by atoms with Crippen LogP contribution in [-0.4, -0.2) is 9.13 Å². The maximum absolute atomic E-state index is 10.3. The van der Waals surface area contributed by atoms with E-state index in [1.165, 1.54) is 0 Å². The molecule has 0 saturated carbocycles. The van der Waals surface area contributed by atoms with Crippen molar-refractivity contribution in [1.82, 2.24) is 9.13 Å². The largest absolute Gasteiger partial charge is 0.309 e.